The number of benzene rings is 3. The number of carbonyl (C=O) groups is 2. The topological polar surface area (TPSA) is 67.9 Å². The first-order valence-corrected chi connectivity index (χ1v) is 14.9. The van der Waals surface area contributed by atoms with Gasteiger partial charge in [-0.15, -0.1) is 0 Å². The summed E-state index contributed by atoms with van der Waals surface area (Å²) in [5, 5.41) is 5.27. The van der Waals surface area contributed by atoms with E-state index in [-0.39, 0.29) is 5.29 Å². The van der Waals surface area contributed by atoms with Gasteiger partial charge in [0.15, 0.2) is 0 Å². The van der Waals surface area contributed by atoms with Crippen LogP contribution < -0.4 is 21.2 Å². The molecule has 3 aromatic carbocycles. The Labute approximate surface area is 237 Å². The predicted octanol–water partition coefficient (Wildman–Crippen LogP) is 3.47. The van der Waals surface area contributed by atoms with E-state index in [1.807, 2.05) is 95.9 Å². The number of methoxy groups -OCH3 is 1. The number of nitrogens with zero attached hydrogens (tertiary/aromatic N) is 1. The molecular weight excluding hydrogens is 566 g/mol. The van der Waals surface area contributed by atoms with Crippen LogP contribution in [-0.2, 0) is 19.1 Å². The van der Waals surface area contributed by atoms with Crippen LogP contribution in [0.15, 0.2) is 91.0 Å². The van der Waals surface area contributed by atoms with Crippen molar-refractivity contribution in [3.63, 3.8) is 0 Å². The molecule has 10 heteroatoms. The minimum absolute atomic E-state index is 0.0453. The van der Waals surface area contributed by atoms with Crippen LogP contribution in [0.4, 0.5) is 0 Å². The van der Waals surface area contributed by atoms with E-state index in [9.17, 15) is 9.59 Å². The first-order chi connectivity index (χ1) is 18.3. The first-order valence-electron chi connectivity index (χ1n) is 12.0. The monoisotopic (exact) mass is 592 g/mol. The molecule has 1 atom stereocenters. The third kappa shape index (κ3) is 5.96. The molecule has 4 rings (SSSR count). The lowest BCUT2D eigenvalue weighted by molar-refractivity contribution is -0.133. The fourth-order valence-corrected chi connectivity index (χ4v) is 9.52. The molecule has 0 unspecified atom stereocenters. The van der Waals surface area contributed by atoms with E-state index in [0.717, 1.165) is 15.9 Å². The molecule has 0 aliphatic carbocycles. The van der Waals surface area contributed by atoms with Gasteiger partial charge >= 0.3 is 5.97 Å². The van der Waals surface area contributed by atoms with Crippen LogP contribution in [0, 0.1) is 0 Å². The molecule has 3 aromatic rings. The van der Waals surface area contributed by atoms with Crippen LogP contribution in [0.5, 0.6) is 0 Å². The third-order valence-electron chi connectivity index (χ3n) is 6.35. The quantitative estimate of drug-likeness (QED) is 0.197. The standard InChI is InChI=1S/C28H28Cl3N2O4P/c1-36-26(35)24(25(34)32-27(28(29,30)31)33-17-19-37-20-18-33)38(21-11-5-2-6-12-21,22-13-7-3-8-14-22)23-15-9-4-10-16-23/h2-16,27H,17-20H2,1H3,(H,32,34)/t27-/m1/s1. The number of halogens is 3. The molecule has 1 saturated heterocycles. The fraction of sp³-hybridized carbons (Fsp3) is 0.250. The van der Waals surface area contributed by atoms with E-state index in [1.54, 1.807) is 0 Å². The predicted molar refractivity (Wildman–Crippen MR) is 157 cm³/mol. The molecule has 1 N–H and O–H groups in total. The number of alkyl halides is 3. The highest BCUT2D eigenvalue weighted by atomic mass is 35.6. The second-order valence-electron chi connectivity index (χ2n) is 8.58. The number of amides is 1. The van der Waals surface area contributed by atoms with E-state index in [1.165, 1.54) is 7.11 Å². The highest BCUT2D eigenvalue weighted by Gasteiger charge is 2.43. The number of rotatable bonds is 7. The molecule has 0 spiro atoms. The normalized spacial score (nSPS) is 15.4. The van der Waals surface area contributed by atoms with Gasteiger partial charge in [0.25, 0.3) is 5.91 Å². The second-order valence-corrected chi connectivity index (χ2v) is 14.3. The summed E-state index contributed by atoms with van der Waals surface area (Å²) in [6, 6.07) is 28.6. The zero-order valence-electron chi connectivity index (χ0n) is 20.7. The van der Waals surface area contributed by atoms with Gasteiger partial charge in [0.2, 0.25) is 3.79 Å². The Morgan fingerprint density at radius 3 is 1.63 bits per heavy atom. The summed E-state index contributed by atoms with van der Waals surface area (Å²) in [7, 11) is 1.26. The molecule has 0 radical (unpaired) electrons. The van der Waals surface area contributed by atoms with E-state index in [0.29, 0.717) is 26.3 Å². The number of hydrogen-bond acceptors (Lipinski definition) is 5. The summed E-state index contributed by atoms with van der Waals surface area (Å²) in [4.78, 5) is 29.9. The summed E-state index contributed by atoms with van der Waals surface area (Å²) in [6.45, 7) is -1.34. The van der Waals surface area contributed by atoms with E-state index in [4.69, 9.17) is 44.3 Å². The molecule has 1 fully saturated rings. The van der Waals surface area contributed by atoms with Gasteiger partial charge in [0.05, 0.1) is 20.3 Å². The van der Waals surface area contributed by atoms with Crippen LogP contribution in [0.25, 0.3) is 0 Å². The van der Waals surface area contributed by atoms with E-state index < -0.39 is 28.7 Å². The molecule has 200 valence electrons. The number of esters is 1. The lowest BCUT2D eigenvalue weighted by atomic mass is 10.3. The van der Waals surface area contributed by atoms with Gasteiger partial charge in [-0.25, -0.2) is 4.79 Å². The van der Waals surface area contributed by atoms with Crippen molar-refractivity contribution in [3.8, 4) is 0 Å². The zero-order chi connectivity index (χ0) is 27.2. The van der Waals surface area contributed by atoms with Crippen molar-refractivity contribution in [2.45, 2.75) is 9.96 Å². The van der Waals surface area contributed by atoms with Gasteiger partial charge in [-0.05, 0) is 22.8 Å². The van der Waals surface area contributed by atoms with Crippen molar-refractivity contribution in [2.75, 3.05) is 33.4 Å². The third-order valence-corrected chi connectivity index (χ3v) is 11.2. The molecule has 0 saturated carbocycles. The van der Waals surface area contributed by atoms with E-state index in [2.05, 4.69) is 5.32 Å². The van der Waals surface area contributed by atoms with Crippen molar-refractivity contribution in [1.29, 1.82) is 0 Å². The lowest BCUT2D eigenvalue weighted by Crippen LogP contribution is -2.60. The van der Waals surface area contributed by atoms with Gasteiger partial charge in [0, 0.05) is 13.1 Å². The number of morpholine rings is 1. The average molecular weight is 594 g/mol. The van der Waals surface area contributed by atoms with Gasteiger partial charge in [-0.1, -0.05) is 126 Å². The van der Waals surface area contributed by atoms with Gasteiger partial charge in [-0.2, -0.15) is 0 Å². The molecule has 0 bridgehead atoms. The van der Waals surface area contributed by atoms with E-state index >= 15 is 0 Å². The first kappa shape index (κ1) is 28.7. The van der Waals surface area contributed by atoms with Crippen LogP contribution in [0.3, 0.4) is 0 Å². The minimum Gasteiger partial charge on any atom is -0.465 e. The van der Waals surface area contributed by atoms with Gasteiger partial charge in [0.1, 0.15) is 11.5 Å². The summed E-state index contributed by atoms with van der Waals surface area (Å²) < 4.78 is 8.84. The van der Waals surface area contributed by atoms with Crippen LogP contribution in [0.2, 0.25) is 0 Å². The molecular formula is C28H28Cl3N2O4P. The Balaban J connectivity index is 2.06. The second kappa shape index (κ2) is 12.7. The maximum Gasteiger partial charge on any atom is 0.344 e. The molecule has 38 heavy (non-hydrogen) atoms. The van der Waals surface area contributed by atoms with Gasteiger partial charge < -0.3 is 14.8 Å². The molecule has 1 amide bonds. The zero-order valence-corrected chi connectivity index (χ0v) is 23.9. The highest BCUT2D eigenvalue weighted by molar-refractivity contribution is 7.97. The van der Waals surface area contributed by atoms with Crippen molar-refractivity contribution >= 4 is 74.8 Å². The Kier molecular flexibility index (Phi) is 9.59. The minimum atomic E-state index is -3.08. The Hall–Kier alpha value is -2.31. The van der Waals surface area contributed by atoms with Crippen molar-refractivity contribution in [1.82, 2.24) is 10.2 Å². The average Bonchev–Trinajstić information content (AvgIpc) is 2.95. The number of carbonyl (C=O) groups excluding carboxylic acids is 2. The maximum absolute atomic E-state index is 14.4. The Morgan fingerprint density at radius 1 is 0.842 bits per heavy atom. The molecule has 6 nitrogen and oxygen atoms in total. The summed E-state index contributed by atoms with van der Waals surface area (Å²) in [5.74, 6) is -1.41. The molecule has 1 heterocycles. The SMILES string of the molecule is COC(=O)C(C(=O)N[C@H](N1CCOCC1)C(Cl)(Cl)Cl)=P(c1ccccc1)(c1ccccc1)c1ccccc1. The van der Waals surface area contributed by atoms with Crippen molar-refractivity contribution in [2.24, 2.45) is 0 Å². The molecule has 0 aromatic heterocycles. The fourth-order valence-electron chi connectivity index (χ4n) is 4.68. The van der Waals surface area contributed by atoms with Crippen LogP contribution >= 0.6 is 41.7 Å². The summed E-state index contributed by atoms with van der Waals surface area (Å²) >= 11 is 19.1. The number of nitrogens with one attached hydrogen (secondary N) is 1. The lowest BCUT2D eigenvalue weighted by Gasteiger charge is -2.39. The van der Waals surface area contributed by atoms with Crippen LogP contribution in [-0.4, -0.2) is 65.4 Å². The maximum atomic E-state index is 14.4. The van der Waals surface area contributed by atoms with Crippen molar-refractivity contribution in [3.05, 3.63) is 91.0 Å². The highest BCUT2D eigenvalue weighted by Crippen LogP contribution is 2.46. The summed E-state index contributed by atoms with van der Waals surface area (Å²) in [5.41, 5.74) is 0. The Morgan fingerprint density at radius 2 is 1.26 bits per heavy atom. The number of ether oxygens (including phenoxy) is 2. The van der Waals surface area contributed by atoms with Crippen molar-refractivity contribution < 1.29 is 19.1 Å². The Bertz CT molecular complexity index is 1190. The van der Waals surface area contributed by atoms with Crippen LogP contribution in [0.1, 0.15) is 0 Å². The molecule has 1 aliphatic heterocycles. The molecule has 1 aliphatic rings. The largest absolute Gasteiger partial charge is 0.465 e. The van der Waals surface area contributed by atoms with Gasteiger partial charge in [-0.3, -0.25) is 9.69 Å². The smallest absolute Gasteiger partial charge is 0.344 e. The number of hydrogen-bond donors (Lipinski definition) is 1. The summed E-state index contributed by atoms with van der Waals surface area (Å²) in [6.07, 6.45) is -1.01.